The van der Waals surface area contributed by atoms with Gasteiger partial charge in [0.15, 0.2) is 0 Å². The molecule has 0 heterocycles. The lowest BCUT2D eigenvalue weighted by atomic mass is 9.87. The van der Waals surface area contributed by atoms with Crippen LogP contribution in [0.25, 0.3) is 10.8 Å². The van der Waals surface area contributed by atoms with Crippen LogP contribution in [-0.4, -0.2) is 30.3 Å². The largest absolute Gasteiger partial charge is 0.300 e. The Morgan fingerprint density at radius 1 is 0.769 bits per heavy atom. The zero-order chi connectivity index (χ0) is 19.6. The molecule has 0 saturated heterocycles. The molecule has 0 amide bonds. The number of hydrogen-bond acceptors (Lipinski definition) is 5. The summed E-state index contributed by atoms with van der Waals surface area (Å²) in [6.45, 7) is 4.04. The highest BCUT2D eigenvalue weighted by molar-refractivity contribution is 7.86. The summed E-state index contributed by atoms with van der Waals surface area (Å²) in [4.78, 5) is 35.0. The predicted octanol–water partition coefficient (Wildman–Crippen LogP) is 2.48. The fourth-order valence-electron chi connectivity index (χ4n) is 3.23. The van der Waals surface area contributed by atoms with Gasteiger partial charge >= 0.3 is 0 Å². The fraction of sp³-hybridized carbons (Fsp3) is 0.316. The maximum atomic E-state index is 12.1. The molecule has 1 N–H and O–H groups in total. The smallest absolute Gasteiger partial charge is 0.295 e. The summed E-state index contributed by atoms with van der Waals surface area (Å²) in [5, 5.41) is 0.702. The molecule has 7 heteroatoms. The summed E-state index contributed by atoms with van der Waals surface area (Å²) in [7, 11) is -4.66. The topological polar surface area (TPSA) is 106 Å². The minimum Gasteiger partial charge on any atom is -0.300 e. The number of benzene rings is 2. The van der Waals surface area contributed by atoms with E-state index in [0.29, 0.717) is 16.5 Å². The summed E-state index contributed by atoms with van der Waals surface area (Å²) in [6.07, 6.45) is -0.383. The summed E-state index contributed by atoms with van der Waals surface area (Å²) in [5.41, 5.74) is 0.936. The average Bonchev–Trinajstić information content (AvgIpc) is 2.48. The molecule has 0 aliphatic rings. The lowest BCUT2D eigenvalue weighted by Gasteiger charge is -2.20. The first kappa shape index (κ1) is 19.9. The molecule has 0 spiro atoms. The molecule has 0 aromatic heterocycles. The number of ketones is 3. The Kier molecular flexibility index (Phi) is 5.73. The second-order valence-electron chi connectivity index (χ2n) is 6.42. The summed E-state index contributed by atoms with van der Waals surface area (Å²) < 4.78 is 34.0. The summed E-state index contributed by atoms with van der Waals surface area (Å²) in [6, 6.07) is 6.45. The van der Waals surface area contributed by atoms with E-state index in [4.69, 9.17) is 0 Å². The molecule has 2 rings (SSSR count). The molecule has 0 fully saturated rings. The van der Waals surface area contributed by atoms with Crippen LogP contribution in [0.15, 0.2) is 29.2 Å². The number of carbonyl (C=O) groups excluding carboxylic acids is 3. The molecule has 26 heavy (non-hydrogen) atoms. The van der Waals surface area contributed by atoms with Crippen molar-refractivity contribution in [1.82, 2.24) is 0 Å². The van der Waals surface area contributed by atoms with E-state index >= 15 is 0 Å². The Morgan fingerprint density at radius 2 is 1.19 bits per heavy atom. The Balaban J connectivity index is 3.10. The van der Waals surface area contributed by atoms with Gasteiger partial charge in [0, 0.05) is 24.6 Å². The molecule has 0 unspecified atom stereocenters. The highest BCUT2D eigenvalue weighted by Crippen LogP contribution is 2.35. The molecule has 0 bridgehead atoms. The molecule has 0 aliphatic heterocycles. The van der Waals surface area contributed by atoms with Gasteiger partial charge in [-0.2, -0.15) is 8.42 Å². The van der Waals surface area contributed by atoms with Crippen molar-refractivity contribution in [3.05, 3.63) is 41.0 Å². The number of hydrogen-bond donors (Lipinski definition) is 1. The van der Waals surface area contributed by atoms with Crippen LogP contribution in [0.2, 0.25) is 0 Å². The molecular weight excluding hydrogens is 356 g/mol. The Hall–Kier alpha value is -2.38. The second-order valence-corrected chi connectivity index (χ2v) is 7.78. The van der Waals surface area contributed by atoms with Crippen molar-refractivity contribution in [2.45, 2.75) is 44.9 Å². The molecule has 2 aromatic rings. The highest BCUT2D eigenvalue weighted by atomic mass is 32.2. The molecule has 0 atom stereocenters. The first-order valence-electron chi connectivity index (χ1n) is 8.03. The van der Waals surface area contributed by atoms with Gasteiger partial charge in [0.25, 0.3) is 10.1 Å². The lowest BCUT2D eigenvalue weighted by molar-refractivity contribution is -0.117. The Morgan fingerprint density at radius 3 is 1.65 bits per heavy atom. The standard InChI is InChI=1S/C19H20O6S/c1-11(20)8-16-14-6-4-5-7-15(14)19(26(23,24)25)18(10-13(3)22)17(16)9-12(2)21/h4-7H,8-10H2,1-3H3,(H,23,24,25). The van der Waals surface area contributed by atoms with E-state index < -0.39 is 10.1 Å². The monoisotopic (exact) mass is 376 g/mol. The minimum atomic E-state index is -4.66. The molecule has 6 nitrogen and oxygen atoms in total. The van der Waals surface area contributed by atoms with Crippen LogP contribution in [0.4, 0.5) is 0 Å². The van der Waals surface area contributed by atoms with Crippen molar-refractivity contribution in [1.29, 1.82) is 0 Å². The van der Waals surface area contributed by atoms with Crippen molar-refractivity contribution in [3.8, 4) is 0 Å². The van der Waals surface area contributed by atoms with Crippen LogP contribution in [0, 0.1) is 0 Å². The number of fused-ring (bicyclic) bond motifs is 1. The quantitative estimate of drug-likeness (QED) is 0.744. The molecule has 138 valence electrons. The van der Waals surface area contributed by atoms with Crippen LogP contribution in [-0.2, 0) is 43.8 Å². The van der Waals surface area contributed by atoms with Crippen molar-refractivity contribution in [2.24, 2.45) is 0 Å². The number of rotatable bonds is 7. The van der Waals surface area contributed by atoms with Gasteiger partial charge in [0.1, 0.15) is 22.2 Å². The summed E-state index contributed by atoms with van der Waals surface area (Å²) >= 11 is 0. The van der Waals surface area contributed by atoms with Gasteiger partial charge < -0.3 is 0 Å². The van der Waals surface area contributed by atoms with Gasteiger partial charge in [-0.15, -0.1) is 0 Å². The van der Waals surface area contributed by atoms with E-state index in [1.807, 2.05) is 0 Å². The fourth-order valence-corrected chi connectivity index (χ4v) is 4.19. The average molecular weight is 376 g/mol. The Bertz CT molecular complexity index is 1020. The predicted molar refractivity (Wildman–Crippen MR) is 96.9 cm³/mol. The van der Waals surface area contributed by atoms with Crippen LogP contribution in [0.3, 0.4) is 0 Å². The van der Waals surface area contributed by atoms with E-state index in [1.54, 1.807) is 18.2 Å². The zero-order valence-electron chi connectivity index (χ0n) is 14.8. The van der Waals surface area contributed by atoms with Crippen LogP contribution < -0.4 is 0 Å². The van der Waals surface area contributed by atoms with Crippen molar-refractivity contribution >= 4 is 38.2 Å². The number of Topliss-reactive ketones (excluding diaryl/α,β-unsaturated/α-hetero) is 3. The molecular formula is C19H20O6S. The van der Waals surface area contributed by atoms with Crippen LogP contribution in [0.5, 0.6) is 0 Å². The van der Waals surface area contributed by atoms with Crippen molar-refractivity contribution < 1.29 is 27.4 Å². The van der Waals surface area contributed by atoms with Gasteiger partial charge in [0.05, 0.1) is 0 Å². The third kappa shape index (κ3) is 4.23. The SMILES string of the molecule is CC(=O)Cc1c(CC(C)=O)c(S(=O)(=O)O)c2ccccc2c1CC(C)=O. The number of carbonyl (C=O) groups is 3. The molecule has 0 aliphatic carbocycles. The third-order valence-corrected chi connectivity index (χ3v) is 5.02. The molecule has 2 aromatic carbocycles. The first-order valence-corrected chi connectivity index (χ1v) is 9.47. The normalized spacial score (nSPS) is 11.5. The van der Waals surface area contributed by atoms with Crippen LogP contribution in [0.1, 0.15) is 37.5 Å². The van der Waals surface area contributed by atoms with E-state index in [9.17, 15) is 27.4 Å². The van der Waals surface area contributed by atoms with Crippen molar-refractivity contribution in [2.75, 3.05) is 0 Å². The van der Waals surface area contributed by atoms with E-state index in [1.165, 1.54) is 26.8 Å². The molecule has 0 radical (unpaired) electrons. The van der Waals surface area contributed by atoms with Gasteiger partial charge in [-0.1, -0.05) is 24.3 Å². The van der Waals surface area contributed by atoms with E-state index in [2.05, 4.69) is 0 Å². The second kappa shape index (κ2) is 7.47. The molecule has 0 saturated carbocycles. The van der Waals surface area contributed by atoms with Gasteiger partial charge in [-0.05, 0) is 42.8 Å². The minimum absolute atomic E-state index is 0.000211. The zero-order valence-corrected chi connectivity index (χ0v) is 15.6. The van der Waals surface area contributed by atoms with Crippen molar-refractivity contribution in [3.63, 3.8) is 0 Å². The van der Waals surface area contributed by atoms with E-state index in [0.717, 1.165) is 0 Å². The third-order valence-electron chi connectivity index (χ3n) is 4.03. The summed E-state index contributed by atoms with van der Waals surface area (Å²) in [5.74, 6) is -0.715. The lowest BCUT2D eigenvalue weighted by Crippen LogP contribution is -2.16. The Labute approximate surface area is 152 Å². The van der Waals surface area contributed by atoms with Crippen LogP contribution >= 0.6 is 0 Å². The van der Waals surface area contributed by atoms with Gasteiger partial charge in [0.2, 0.25) is 0 Å². The van der Waals surface area contributed by atoms with Gasteiger partial charge in [-0.3, -0.25) is 18.9 Å². The van der Waals surface area contributed by atoms with E-state index in [-0.39, 0.29) is 52.5 Å². The maximum Gasteiger partial charge on any atom is 0.295 e. The first-order chi connectivity index (χ1) is 12.0. The van der Waals surface area contributed by atoms with Gasteiger partial charge in [-0.25, -0.2) is 0 Å². The maximum absolute atomic E-state index is 12.1. The highest BCUT2D eigenvalue weighted by Gasteiger charge is 2.27.